The summed E-state index contributed by atoms with van der Waals surface area (Å²) in [6.45, 7) is 4.26. The van der Waals surface area contributed by atoms with Gasteiger partial charge in [0.2, 0.25) is 5.95 Å². The number of nitrogens with zero attached hydrogens (tertiary/aromatic N) is 3. The van der Waals surface area contributed by atoms with Crippen LogP contribution in [0.5, 0.6) is 0 Å². The molecule has 0 spiro atoms. The van der Waals surface area contributed by atoms with Gasteiger partial charge in [0, 0.05) is 11.6 Å². The van der Waals surface area contributed by atoms with Crippen molar-refractivity contribution in [3.05, 3.63) is 30.1 Å². The molecule has 94 valence electrons. The molecular weight excluding hydrogens is 231 g/mol. The van der Waals surface area contributed by atoms with Gasteiger partial charge in [-0.2, -0.15) is 4.98 Å². The topological polar surface area (TPSA) is 42.7 Å². The molecule has 2 atom stereocenters. The van der Waals surface area contributed by atoms with Crippen molar-refractivity contribution < 1.29 is 4.39 Å². The number of hydrogen-bond acceptors (Lipinski definition) is 3. The van der Waals surface area contributed by atoms with Gasteiger partial charge >= 0.3 is 0 Å². The van der Waals surface area contributed by atoms with Crippen LogP contribution < -0.4 is 5.32 Å². The SMILES string of the molecule is CC1CC(C)n2nc(-c3ccc(F)cc3)nc2N1. The molecule has 2 aromatic rings. The number of hydrogen-bond donors (Lipinski definition) is 1. The molecule has 3 rings (SSSR count). The number of aromatic nitrogens is 3. The van der Waals surface area contributed by atoms with Gasteiger partial charge in [0.05, 0.1) is 6.04 Å². The highest BCUT2D eigenvalue weighted by Gasteiger charge is 2.23. The van der Waals surface area contributed by atoms with Gasteiger partial charge in [0.25, 0.3) is 0 Å². The van der Waals surface area contributed by atoms with E-state index in [4.69, 9.17) is 0 Å². The second-order valence-corrected chi connectivity index (χ2v) is 4.84. The highest BCUT2D eigenvalue weighted by Crippen LogP contribution is 2.27. The Bertz CT molecular complexity index is 561. The molecule has 0 fully saturated rings. The molecule has 2 unspecified atom stereocenters. The van der Waals surface area contributed by atoms with E-state index < -0.39 is 0 Å². The summed E-state index contributed by atoms with van der Waals surface area (Å²) < 4.78 is 14.8. The Morgan fingerprint density at radius 2 is 2.00 bits per heavy atom. The summed E-state index contributed by atoms with van der Waals surface area (Å²) in [5, 5.41) is 7.79. The van der Waals surface area contributed by atoms with Crippen LogP contribution in [0.2, 0.25) is 0 Å². The first kappa shape index (κ1) is 11.2. The maximum Gasteiger partial charge on any atom is 0.222 e. The zero-order valence-corrected chi connectivity index (χ0v) is 10.4. The summed E-state index contributed by atoms with van der Waals surface area (Å²) in [6, 6.07) is 6.98. The van der Waals surface area contributed by atoms with E-state index in [-0.39, 0.29) is 5.82 Å². The van der Waals surface area contributed by atoms with E-state index in [0.29, 0.717) is 17.9 Å². The van der Waals surface area contributed by atoms with Gasteiger partial charge in [-0.3, -0.25) is 0 Å². The van der Waals surface area contributed by atoms with Crippen molar-refractivity contribution >= 4 is 5.95 Å². The third-order valence-electron chi connectivity index (χ3n) is 3.22. The summed E-state index contributed by atoms with van der Waals surface area (Å²) in [5.41, 5.74) is 0.833. The first-order valence-electron chi connectivity index (χ1n) is 6.12. The summed E-state index contributed by atoms with van der Waals surface area (Å²) in [5.74, 6) is 1.18. The van der Waals surface area contributed by atoms with Gasteiger partial charge in [0.15, 0.2) is 5.82 Å². The van der Waals surface area contributed by atoms with Crippen LogP contribution in [-0.4, -0.2) is 20.8 Å². The maximum atomic E-state index is 12.9. The van der Waals surface area contributed by atoms with E-state index in [0.717, 1.165) is 17.9 Å². The predicted molar refractivity (Wildman–Crippen MR) is 67.8 cm³/mol. The molecule has 1 N–H and O–H groups in total. The van der Waals surface area contributed by atoms with Crippen molar-refractivity contribution in [1.29, 1.82) is 0 Å². The maximum absolute atomic E-state index is 12.9. The molecule has 1 aromatic carbocycles. The standard InChI is InChI=1S/C13H15FN4/c1-8-7-9(2)18-13(15-8)16-12(17-18)10-3-5-11(14)6-4-10/h3-6,8-9H,7H2,1-2H3,(H,15,16,17). The van der Waals surface area contributed by atoms with Crippen LogP contribution in [0.4, 0.5) is 10.3 Å². The Labute approximate surface area is 105 Å². The fourth-order valence-corrected chi connectivity index (χ4v) is 2.34. The largest absolute Gasteiger partial charge is 0.352 e. The summed E-state index contributed by atoms with van der Waals surface area (Å²) in [6.07, 6.45) is 1.03. The van der Waals surface area contributed by atoms with Crippen LogP contribution in [0.1, 0.15) is 26.3 Å². The first-order valence-corrected chi connectivity index (χ1v) is 6.12. The minimum Gasteiger partial charge on any atom is -0.352 e. The fourth-order valence-electron chi connectivity index (χ4n) is 2.34. The lowest BCUT2D eigenvalue weighted by atomic mass is 10.1. The van der Waals surface area contributed by atoms with Gasteiger partial charge < -0.3 is 5.32 Å². The zero-order valence-electron chi connectivity index (χ0n) is 10.4. The molecule has 1 aliphatic heterocycles. The molecule has 0 bridgehead atoms. The van der Waals surface area contributed by atoms with Gasteiger partial charge in [0.1, 0.15) is 5.82 Å². The van der Waals surface area contributed by atoms with Gasteiger partial charge in [-0.15, -0.1) is 5.10 Å². The second kappa shape index (κ2) is 4.08. The van der Waals surface area contributed by atoms with E-state index >= 15 is 0 Å². The second-order valence-electron chi connectivity index (χ2n) is 4.84. The van der Waals surface area contributed by atoms with Crippen LogP contribution in [-0.2, 0) is 0 Å². The number of nitrogens with one attached hydrogen (secondary N) is 1. The monoisotopic (exact) mass is 246 g/mol. The van der Waals surface area contributed by atoms with Crippen molar-refractivity contribution in [1.82, 2.24) is 14.8 Å². The van der Waals surface area contributed by atoms with Crippen LogP contribution in [0.15, 0.2) is 24.3 Å². The van der Waals surface area contributed by atoms with Gasteiger partial charge in [-0.25, -0.2) is 9.07 Å². The summed E-state index contributed by atoms with van der Waals surface area (Å²) >= 11 is 0. The molecule has 4 nitrogen and oxygen atoms in total. The first-order chi connectivity index (χ1) is 8.63. The number of benzene rings is 1. The van der Waals surface area contributed by atoms with Crippen LogP contribution in [0.25, 0.3) is 11.4 Å². The Kier molecular flexibility index (Phi) is 2.54. The van der Waals surface area contributed by atoms with Crippen molar-refractivity contribution in [3.63, 3.8) is 0 Å². The minimum atomic E-state index is -0.247. The van der Waals surface area contributed by atoms with Crippen molar-refractivity contribution in [2.45, 2.75) is 32.4 Å². The molecule has 0 amide bonds. The third kappa shape index (κ3) is 1.85. The van der Waals surface area contributed by atoms with Crippen LogP contribution in [0, 0.1) is 5.82 Å². The normalized spacial score (nSPS) is 22.4. The molecule has 0 saturated heterocycles. The highest BCUT2D eigenvalue weighted by atomic mass is 19.1. The average molecular weight is 246 g/mol. The lowest BCUT2D eigenvalue weighted by Crippen LogP contribution is -2.29. The average Bonchev–Trinajstić information content (AvgIpc) is 2.74. The van der Waals surface area contributed by atoms with Crippen molar-refractivity contribution in [2.75, 3.05) is 5.32 Å². The van der Waals surface area contributed by atoms with Crippen molar-refractivity contribution in [2.24, 2.45) is 0 Å². The van der Waals surface area contributed by atoms with E-state index in [2.05, 4.69) is 29.2 Å². The van der Waals surface area contributed by atoms with E-state index in [9.17, 15) is 4.39 Å². The molecular formula is C13H15FN4. The van der Waals surface area contributed by atoms with E-state index in [1.54, 1.807) is 12.1 Å². The molecule has 2 heterocycles. The Morgan fingerprint density at radius 1 is 1.28 bits per heavy atom. The van der Waals surface area contributed by atoms with Gasteiger partial charge in [-0.1, -0.05) is 0 Å². The third-order valence-corrected chi connectivity index (χ3v) is 3.22. The number of anilines is 1. The Morgan fingerprint density at radius 3 is 2.72 bits per heavy atom. The van der Waals surface area contributed by atoms with Crippen LogP contribution in [0.3, 0.4) is 0 Å². The Balaban J connectivity index is 2.00. The number of halogens is 1. The lowest BCUT2D eigenvalue weighted by Gasteiger charge is -2.26. The number of rotatable bonds is 1. The molecule has 0 aliphatic carbocycles. The quantitative estimate of drug-likeness (QED) is 0.841. The zero-order chi connectivity index (χ0) is 12.7. The smallest absolute Gasteiger partial charge is 0.222 e. The van der Waals surface area contributed by atoms with Gasteiger partial charge in [-0.05, 0) is 44.5 Å². The Hall–Kier alpha value is -1.91. The van der Waals surface area contributed by atoms with E-state index in [1.807, 2.05) is 4.68 Å². The molecule has 18 heavy (non-hydrogen) atoms. The number of fused-ring (bicyclic) bond motifs is 1. The molecule has 5 heteroatoms. The fraction of sp³-hybridized carbons (Fsp3) is 0.385. The molecule has 0 saturated carbocycles. The minimum absolute atomic E-state index is 0.247. The summed E-state index contributed by atoms with van der Waals surface area (Å²) in [7, 11) is 0. The predicted octanol–water partition coefficient (Wildman–Crippen LogP) is 2.85. The highest BCUT2D eigenvalue weighted by molar-refractivity contribution is 5.56. The lowest BCUT2D eigenvalue weighted by molar-refractivity contribution is 0.412. The molecule has 1 aliphatic rings. The van der Waals surface area contributed by atoms with E-state index in [1.165, 1.54) is 12.1 Å². The van der Waals surface area contributed by atoms with Crippen molar-refractivity contribution in [3.8, 4) is 11.4 Å². The summed E-state index contributed by atoms with van der Waals surface area (Å²) in [4.78, 5) is 4.47. The molecule has 0 radical (unpaired) electrons. The van der Waals surface area contributed by atoms with Crippen LogP contribution >= 0.6 is 0 Å². The molecule has 1 aromatic heterocycles.